The normalized spacial score (nSPS) is 11.4. The van der Waals surface area contributed by atoms with Crippen LogP contribution in [0, 0.1) is 13.8 Å². The lowest BCUT2D eigenvalue weighted by atomic mass is 9.98. The van der Waals surface area contributed by atoms with Gasteiger partial charge in [-0.2, -0.15) is 0 Å². The number of sulfonamides is 1. The number of nitrogens with one attached hydrogen (secondary N) is 1. The minimum absolute atomic E-state index is 0.0664. The zero-order valence-electron chi connectivity index (χ0n) is 18.6. The van der Waals surface area contributed by atoms with Gasteiger partial charge >= 0.3 is 0 Å². The molecule has 0 saturated carbocycles. The second kappa shape index (κ2) is 9.76. The standard InChI is InChI=1S/C25H27ClN2O3S/c1-17(2)22-10-7-9-19(4)25(22)27-24(29)16-28(23-11-6-5-8-18(23)3)32(30,31)21-14-12-20(26)13-15-21/h5-15,17H,16H2,1-4H3,(H,27,29). The van der Waals surface area contributed by atoms with E-state index < -0.39 is 15.9 Å². The van der Waals surface area contributed by atoms with Gasteiger partial charge in [0, 0.05) is 10.7 Å². The fourth-order valence-electron chi connectivity index (χ4n) is 3.53. The molecule has 0 bridgehead atoms. The Morgan fingerprint density at radius 1 is 0.938 bits per heavy atom. The van der Waals surface area contributed by atoms with Gasteiger partial charge in [0.1, 0.15) is 6.54 Å². The summed E-state index contributed by atoms with van der Waals surface area (Å²) in [4.78, 5) is 13.2. The van der Waals surface area contributed by atoms with Crippen molar-refractivity contribution < 1.29 is 13.2 Å². The first kappa shape index (κ1) is 23.8. The van der Waals surface area contributed by atoms with Crippen molar-refractivity contribution in [2.24, 2.45) is 0 Å². The van der Waals surface area contributed by atoms with Gasteiger partial charge in [0.25, 0.3) is 10.0 Å². The van der Waals surface area contributed by atoms with Crippen LogP contribution in [0.5, 0.6) is 0 Å². The number of carbonyl (C=O) groups is 1. The fraction of sp³-hybridized carbons (Fsp3) is 0.240. The van der Waals surface area contributed by atoms with Crippen molar-refractivity contribution in [1.82, 2.24) is 0 Å². The lowest BCUT2D eigenvalue weighted by Crippen LogP contribution is -2.38. The van der Waals surface area contributed by atoms with Gasteiger partial charge in [-0.25, -0.2) is 8.42 Å². The van der Waals surface area contributed by atoms with E-state index in [-0.39, 0.29) is 17.4 Å². The molecule has 168 valence electrons. The number of rotatable bonds is 7. The molecule has 3 rings (SSSR count). The second-order valence-electron chi connectivity index (χ2n) is 7.99. The molecule has 0 aromatic heterocycles. The van der Waals surface area contributed by atoms with Gasteiger partial charge in [-0.05, 0) is 66.8 Å². The largest absolute Gasteiger partial charge is 0.324 e. The van der Waals surface area contributed by atoms with Crippen LogP contribution in [0.15, 0.2) is 71.6 Å². The average molecular weight is 471 g/mol. The van der Waals surface area contributed by atoms with Crippen molar-refractivity contribution >= 4 is 38.9 Å². The minimum Gasteiger partial charge on any atom is -0.324 e. The highest BCUT2D eigenvalue weighted by atomic mass is 35.5. The topological polar surface area (TPSA) is 66.5 Å². The lowest BCUT2D eigenvalue weighted by molar-refractivity contribution is -0.114. The Hall–Kier alpha value is -2.83. The Morgan fingerprint density at radius 2 is 1.56 bits per heavy atom. The van der Waals surface area contributed by atoms with Gasteiger partial charge < -0.3 is 5.32 Å². The predicted molar refractivity (Wildman–Crippen MR) is 131 cm³/mol. The van der Waals surface area contributed by atoms with Gasteiger partial charge in [0.2, 0.25) is 5.91 Å². The Kier molecular flexibility index (Phi) is 7.26. The first-order chi connectivity index (χ1) is 15.1. The number of para-hydroxylation sites is 2. The molecule has 0 aliphatic heterocycles. The van der Waals surface area contributed by atoms with Crippen molar-refractivity contribution in [3.8, 4) is 0 Å². The molecule has 0 aliphatic carbocycles. The van der Waals surface area contributed by atoms with Gasteiger partial charge in [-0.15, -0.1) is 0 Å². The van der Waals surface area contributed by atoms with Crippen LogP contribution in [0.4, 0.5) is 11.4 Å². The quantitative estimate of drug-likeness (QED) is 0.466. The summed E-state index contributed by atoms with van der Waals surface area (Å²) in [5.41, 5.74) is 3.85. The molecule has 0 heterocycles. The number of benzene rings is 3. The smallest absolute Gasteiger partial charge is 0.264 e. The van der Waals surface area contributed by atoms with Gasteiger partial charge in [0.05, 0.1) is 10.6 Å². The number of carbonyl (C=O) groups excluding carboxylic acids is 1. The maximum absolute atomic E-state index is 13.5. The monoisotopic (exact) mass is 470 g/mol. The Labute approximate surface area is 195 Å². The van der Waals surface area contributed by atoms with Gasteiger partial charge in [-0.1, -0.05) is 61.8 Å². The van der Waals surface area contributed by atoms with Gasteiger partial charge in [-0.3, -0.25) is 9.10 Å². The third kappa shape index (κ3) is 5.14. The van der Waals surface area contributed by atoms with Crippen LogP contribution >= 0.6 is 11.6 Å². The molecule has 1 amide bonds. The third-order valence-corrected chi connectivity index (χ3v) is 7.29. The van der Waals surface area contributed by atoms with Crippen LogP contribution in [0.3, 0.4) is 0 Å². The molecule has 0 saturated heterocycles. The Morgan fingerprint density at radius 3 is 2.19 bits per heavy atom. The predicted octanol–water partition coefficient (Wildman–Crippen LogP) is 5.91. The van der Waals surface area contributed by atoms with Crippen LogP contribution in [-0.2, 0) is 14.8 Å². The molecular formula is C25H27ClN2O3S. The first-order valence-electron chi connectivity index (χ1n) is 10.3. The van der Waals surface area contributed by atoms with E-state index in [4.69, 9.17) is 11.6 Å². The fourth-order valence-corrected chi connectivity index (χ4v) is 5.14. The number of hydrogen-bond acceptors (Lipinski definition) is 3. The zero-order valence-corrected chi connectivity index (χ0v) is 20.2. The lowest BCUT2D eigenvalue weighted by Gasteiger charge is -2.26. The second-order valence-corrected chi connectivity index (χ2v) is 10.3. The molecule has 0 spiro atoms. The molecule has 0 unspecified atom stereocenters. The third-order valence-electron chi connectivity index (χ3n) is 5.26. The summed E-state index contributed by atoms with van der Waals surface area (Å²) >= 11 is 5.94. The Bertz CT molecular complexity index is 1220. The van der Waals surface area contributed by atoms with Crippen molar-refractivity contribution in [2.45, 2.75) is 38.5 Å². The summed E-state index contributed by atoms with van der Waals surface area (Å²) in [6.07, 6.45) is 0. The van der Waals surface area contributed by atoms with Crippen LogP contribution < -0.4 is 9.62 Å². The number of hydrogen-bond donors (Lipinski definition) is 1. The van der Waals surface area contributed by atoms with Crippen molar-refractivity contribution in [3.05, 3.63) is 88.4 Å². The number of nitrogens with zero attached hydrogens (tertiary/aromatic N) is 1. The summed E-state index contributed by atoms with van der Waals surface area (Å²) in [5, 5.41) is 3.38. The summed E-state index contributed by atoms with van der Waals surface area (Å²) in [7, 11) is -4.00. The summed E-state index contributed by atoms with van der Waals surface area (Å²) in [6.45, 7) is 7.48. The van der Waals surface area contributed by atoms with Crippen LogP contribution in [0.2, 0.25) is 5.02 Å². The molecule has 1 N–H and O–H groups in total. The van der Waals surface area contributed by atoms with Crippen LogP contribution in [-0.4, -0.2) is 20.9 Å². The average Bonchev–Trinajstić information content (AvgIpc) is 2.74. The first-order valence-corrected chi connectivity index (χ1v) is 12.2. The molecule has 0 aliphatic rings. The highest BCUT2D eigenvalue weighted by molar-refractivity contribution is 7.92. The molecule has 0 atom stereocenters. The maximum Gasteiger partial charge on any atom is 0.264 e. The van der Waals surface area contributed by atoms with Crippen LogP contribution in [0.25, 0.3) is 0 Å². The van der Waals surface area contributed by atoms with Crippen LogP contribution in [0.1, 0.15) is 36.5 Å². The van der Waals surface area contributed by atoms with E-state index >= 15 is 0 Å². The van der Waals surface area contributed by atoms with E-state index in [0.29, 0.717) is 10.7 Å². The Balaban J connectivity index is 2.00. The SMILES string of the molecule is Cc1ccccc1N(CC(=O)Nc1c(C)cccc1C(C)C)S(=O)(=O)c1ccc(Cl)cc1. The van der Waals surface area contributed by atoms with E-state index in [9.17, 15) is 13.2 Å². The maximum atomic E-state index is 13.5. The van der Waals surface area contributed by atoms with Crippen molar-refractivity contribution in [3.63, 3.8) is 0 Å². The molecule has 7 heteroatoms. The highest BCUT2D eigenvalue weighted by Crippen LogP contribution is 2.29. The summed E-state index contributed by atoms with van der Waals surface area (Å²) in [6, 6.07) is 18.9. The molecule has 3 aromatic carbocycles. The molecule has 3 aromatic rings. The summed E-state index contributed by atoms with van der Waals surface area (Å²) < 4.78 is 28.2. The van der Waals surface area contributed by atoms with E-state index in [2.05, 4.69) is 19.2 Å². The molecule has 0 fully saturated rings. The highest BCUT2D eigenvalue weighted by Gasteiger charge is 2.28. The van der Waals surface area contributed by atoms with Crippen molar-refractivity contribution in [2.75, 3.05) is 16.2 Å². The molecule has 0 radical (unpaired) electrons. The molecule has 32 heavy (non-hydrogen) atoms. The molecule has 5 nitrogen and oxygen atoms in total. The van der Waals surface area contributed by atoms with E-state index in [1.807, 2.05) is 44.2 Å². The van der Waals surface area contributed by atoms with E-state index in [0.717, 1.165) is 26.7 Å². The van der Waals surface area contributed by atoms with E-state index in [1.165, 1.54) is 24.3 Å². The summed E-state index contributed by atoms with van der Waals surface area (Å²) in [5.74, 6) is -0.211. The minimum atomic E-state index is -4.00. The number of anilines is 2. The van der Waals surface area contributed by atoms with Gasteiger partial charge in [0.15, 0.2) is 0 Å². The van der Waals surface area contributed by atoms with E-state index in [1.54, 1.807) is 12.1 Å². The number of halogens is 1. The number of aryl methyl sites for hydroxylation is 2. The zero-order chi connectivity index (χ0) is 23.5. The number of amides is 1. The van der Waals surface area contributed by atoms with Crippen molar-refractivity contribution in [1.29, 1.82) is 0 Å². The molecular weight excluding hydrogens is 444 g/mol.